The summed E-state index contributed by atoms with van der Waals surface area (Å²) < 4.78 is 14.5. The minimum atomic E-state index is -0.467. The van der Waals surface area contributed by atoms with Crippen LogP contribution in [0, 0.1) is 12.7 Å². The fraction of sp³-hybridized carbons (Fsp3) is 0.200. The quantitative estimate of drug-likeness (QED) is 0.613. The summed E-state index contributed by atoms with van der Waals surface area (Å²) in [4.78, 5) is 0. The molecule has 0 saturated heterocycles. The molecule has 20 heavy (non-hydrogen) atoms. The van der Waals surface area contributed by atoms with Gasteiger partial charge in [0.25, 0.3) is 0 Å². The molecule has 1 atom stereocenters. The Morgan fingerprint density at radius 3 is 2.55 bits per heavy atom. The van der Waals surface area contributed by atoms with Gasteiger partial charge in [-0.15, -0.1) is 0 Å². The van der Waals surface area contributed by atoms with Gasteiger partial charge in [0.1, 0.15) is 5.82 Å². The maximum atomic E-state index is 13.6. The largest absolute Gasteiger partial charge is 0.378 e. The highest BCUT2D eigenvalue weighted by Gasteiger charge is 2.17. The molecule has 0 radical (unpaired) electrons. The molecule has 0 heterocycles. The molecular formula is C15H13BrCl2FN. The average Bonchev–Trinajstić information content (AvgIpc) is 2.33. The van der Waals surface area contributed by atoms with E-state index in [2.05, 4.69) is 21.2 Å². The van der Waals surface area contributed by atoms with Crippen LogP contribution in [0.25, 0.3) is 0 Å². The maximum absolute atomic E-state index is 13.6. The highest BCUT2D eigenvalue weighted by molar-refractivity contribution is 9.10. The topological polar surface area (TPSA) is 12.0 Å². The summed E-state index contributed by atoms with van der Waals surface area (Å²) in [7, 11) is 0. The van der Waals surface area contributed by atoms with Crippen LogP contribution in [-0.4, -0.2) is 0 Å². The highest BCUT2D eigenvalue weighted by Crippen LogP contribution is 2.34. The second-order valence-electron chi connectivity index (χ2n) is 4.64. The van der Waals surface area contributed by atoms with Gasteiger partial charge in [0, 0.05) is 20.7 Å². The molecule has 5 heteroatoms. The molecule has 1 nitrogen and oxygen atoms in total. The number of aryl methyl sites for hydroxylation is 1. The van der Waals surface area contributed by atoms with Gasteiger partial charge in [-0.05, 0) is 49.7 Å². The number of hydrogen-bond acceptors (Lipinski definition) is 1. The summed E-state index contributed by atoms with van der Waals surface area (Å²) in [5.74, 6) is -0.467. The van der Waals surface area contributed by atoms with E-state index in [1.165, 1.54) is 12.1 Å². The van der Waals surface area contributed by atoms with E-state index in [1.807, 2.05) is 32.0 Å². The van der Waals surface area contributed by atoms with Crippen molar-refractivity contribution in [1.29, 1.82) is 0 Å². The van der Waals surface area contributed by atoms with Gasteiger partial charge in [0.15, 0.2) is 0 Å². The van der Waals surface area contributed by atoms with E-state index in [0.29, 0.717) is 10.6 Å². The molecule has 1 N–H and O–H groups in total. The minimum absolute atomic E-state index is 0.0595. The molecule has 0 amide bonds. The summed E-state index contributed by atoms with van der Waals surface area (Å²) >= 11 is 15.6. The Morgan fingerprint density at radius 2 is 1.90 bits per heavy atom. The molecule has 0 spiro atoms. The number of halogens is 4. The number of rotatable bonds is 3. The molecule has 0 aromatic heterocycles. The average molecular weight is 377 g/mol. The third kappa shape index (κ3) is 3.46. The number of benzene rings is 2. The first-order valence-corrected chi connectivity index (χ1v) is 7.60. The number of nitrogens with one attached hydrogen (secondary N) is 1. The van der Waals surface area contributed by atoms with Crippen molar-refractivity contribution in [3.05, 3.63) is 61.8 Å². The van der Waals surface area contributed by atoms with Crippen molar-refractivity contribution < 1.29 is 4.39 Å². The standard InChI is InChI=1S/C15H13BrCl2FN/c1-8-5-10(16)7-11(6-8)20-9(2)14-12(17)3-4-13(19)15(14)18/h3-7,9,20H,1-2H3. The monoisotopic (exact) mass is 375 g/mol. The van der Waals surface area contributed by atoms with E-state index in [-0.39, 0.29) is 11.1 Å². The van der Waals surface area contributed by atoms with Gasteiger partial charge < -0.3 is 5.32 Å². The molecule has 106 valence electrons. The number of hydrogen-bond donors (Lipinski definition) is 1. The first kappa shape index (κ1) is 15.6. The second kappa shape index (κ2) is 6.33. The van der Waals surface area contributed by atoms with Crippen molar-refractivity contribution in [2.45, 2.75) is 19.9 Å². The predicted octanol–water partition coefficient (Wildman–Crippen LogP) is 6.38. The summed E-state index contributed by atoms with van der Waals surface area (Å²) in [6, 6.07) is 8.54. The smallest absolute Gasteiger partial charge is 0.142 e. The van der Waals surface area contributed by atoms with E-state index in [1.54, 1.807) is 0 Å². The molecule has 2 aromatic rings. The van der Waals surface area contributed by atoms with Crippen molar-refractivity contribution in [3.63, 3.8) is 0 Å². The number of anilines is 1. The molecule has 0 bridgehead atoms. The van der Waals surface area contributed by atoms with Crippen LogP contribution in [0.4, 0.5) is 10.1 Å². The zero-order chi connectivity index (χ0) is 14.9. The van der Waals surface area contributed by atoms with Crippen molar-refractivity contribution in [2.24, 2.45) is 0 Å². The normalized spacial score (nSPS) is 12.3. The van der Waals surface area contributed by atoms with Crippen LogP contribution in [0.5, 0.6) is 0 Å². The van der Waals surface area contributed by atoms with Crippen molar-refractivity contribution in [1.82, 2.24) is 0 Å². The van der Waals surface area contributed by atoms with Gasteiger partial charge in [0.2, 0.25) is 0 Å². The Hall–Kier alpha value is -0.770. The second-order valence-corrected chi connectivity index (χ2v) is 6.34. The van der Waals surface area contributed by atoms with E-state index in [4.69, 9.17) is 23.2 Å². The van der Waals surface area contributed by atoms with Gasteiger partial charge in [0.05, 0.1) is 11.1 Å². The zero-order valence-electron chi connectivity index (χ0n) is 11.0. The Bertz CT molecular complexity index is 626. The minimum Gasteiger partial charge on any atom is -0.378 e. The lowest BCUT2D eigenvalue weighted by molar-refractivity contribution is 0.624. The van der Waals surface area contributed by atoms with Crippen LogP contribution in [0.3, 0.4) is 0 Å². The fourth-order valence-corrected chi connectivity index (χ4v) is 3.39. The molecule has 0 aliphatic heterocycles. The SMILES string of the molecule is Cc1cc(Br)cc(NC(C)c2c(Cl)ccc(F)c2Cl)c1. The van der Waals surface area contributed by atoms with Crippen LogP contribution in [0.15, 0.2) is 34.8 Å². The summed E-state index contributed by atoms with van der Waals surface area (Å²) in [6.45, 7) is 3.89. The Balaban J connectivity index is 2.33. The van der Waals surface area contributed by atoms with Crippen molar-refractivity contribution >= 4 is 44.8 Å². The van der Waals surface area contributed by atoms with Crippen molar-refractivity contribution in [2.75, 3.05) is 5.32 Å². The first-order chi connectivity index (χ1) is 9.38. The Kier molecular flexibility index (Phi) is 4.95. The first-order valence-electron chi connectivity index (χ1n) is 6.05. The van der Waals surface area contributed by atoms with E-state index < -0.39 is 5.82 Å². The van der Waals surface area contributed by atoms with E-state index >= 15 is 0 Å². The van der Waals surface area contributed by atoms with Crippen LogP contribution in [-0.2, 0) is 0 Å². The van der Waals surface area contributed by atoms with Gasteiger partial charge in [-0.1, -0.05) is 39.1 Å². The molecule has 2 aromatic carbocycles. The maximum Gasteiger partial charge on any atom is 0.142 e. The lowest BCUT2D eigenvalue weighted by Gasteiger charge is -2.19. The zero-order valence-corrected chi connectivity index (χ0v) is 14.1. The molecule has 1 unspecified atom stereocenters. The van der Waals surface area contributed by atoms with Gasteiger partial charge in [-0.25, -0.2) is 4.39 Å². The van der Waals surface area contributed by atoms with Crippen molar-refractivity contribution in [3.8, 4) is 0 Å². The summed E-state index contributed by atoms with van der Waals surface area (Å²) in [5, 5.41) is 3.79. The van der Waals surface area contributed by atoms with Crippen LogP contribution in [0.2, 0.25) is 10.0 Å². The molecular weight excluding hydrogens is 364 g/mol. The summed E-state index contributed by atoms with van der Waals surface area (Å²) in [5.41, 5.74) is 2.59. The van der Waals surface area contributed by atoms with E-state index in [9.17, 15) is 4.39 Å². The fourth-order valence-electron chi connectivity index (χ4n) is 2.08. The van der Waals surface area contributed by atoms with Crippen LogP contribution in [0.1, 0.15) is 24.1 Å². The molecule has 0 aliphatic carbocycles. The predicted molar refractivity (Wildman–Crippen MR) is 87.3 cm³/mol. The molecule has 0 fully saturated rings. The van der Waals surface area contributed by atoms with Crippen LogP contribution >= 0.6 is 39.1 Å². The third-order valence-corrected chi connectivity index (χ3v) is 4.11. The molecule has 0 saturated carbocycles. The highest BCUT2D eigenvalue weighted by atomic mass is 79.9. The van der Waals surface area contributed by atoms with Crippen LogP contribution < -0.4 is 5.32 Å². The Morgan fingerprint density at radius 1 is 1.20 bits per heavy atom. The van der Waals surface area contributed by atoms with Gasteiger partial charge >= 0.3 is 0 Å². The third-order valence-electron chi connectivity index (χ3n) is 2.94. The molecule has 2 rings (SSSR count). The van der Waals surface area contributed by atoms with Gasteiger partial charge in [-0.2, -0.15) is 0 Å². The van der Waals surface area contributed by atoms with E-state index in [0.717, 1.165) is 15.7 Å². The molecule has 0 aliphatic rings. The van der Waals surface area contributed by atoms with Gasteiger partial charge in [-0.3, -0.25) is 0 Å². The summed E-state index contributed by atoms with van der Waals surface area (Å²) in [6.07, 6.45) is 0. The lowest BCUT2D eigenvalue weighted by atomic mass is 10.1. The Labute approximate surface area is 136 Å². The lowest BCUT2D eigenvalue weighted by Crippen LogP contribution is -2.09.